The zero-order valence-electron chi connectivity index (χ0n) is 13.2. The van der Waals surface area contributed by atoms with E-state index in [1.165, 1.54) is 5.56 Å². The molecule has 0 unspecified atom stereocenters. The molecule has 0 saturated heterocycles. The highest BCUT2D eigenvalue weighted by Crippen LogP contribution is 2.14. The van der Waals surface area contributed by atoms with Gasteiger partial charge in [-0.05, 0) is 31.9 Å². The molecule has 7 heteroatoms. The number of carbonyl (C=O) groups is 1. The summed E-state index contributed by atoms with van der Waals surface area (Å²) >= 11 is 1.67. The SMILES string of the molecule is CC(C)(C)OC(=O)N[C@H](CN=[N+]=[N-])CSCc1ccccc1. The normalized spacial score (nSPS) is 12.1. The number of hydrogen-bond donors (Lipinski definition) is 1. The summed E-state index contributed by atoms with van der Waals surface area (Å²) in [5, 5.41) is 6.29. The summed E-state index contributed by atoms with van der Waals surface area (Å²) in [5.74, 6) is 1.48. The Morgan fingerprint density at radius 1 is 1.41 bits per heavy atom. The fraction of sp³-hybridized carbons (Fsp3) is 0.533. The highest BCUT2D eigenvalue weighted by atomic mass is 32.2. The van der Waals surface area contributed by atoms with Crippen LogP contribution in [0, 0.1) is 0 Å². The third-order valence-corrected chi connectivity index (χ3v) is 3.69. The quantitative estimate of drug-likeness (QED) is 0.465. The molecule has 0 spiro atoms. The molecule has 1 N–H and O–H groups in total. The molecule has 0 aliphatic heterocycles. The van der Waals surface area contributed by atoms with Gasteiger partial charge in [0.05, 0.1) is 0 Å². The predicted molar refractivity (Wildman–Crippen MR) is 89.8 cm³/mol. The number of hydrogen-bond acceptors (Lipinski definition) is 4. The van der Waals surface area contributed by atoms with Gasteiger partial charge < -0.3 is 10.1 Å². The molecule has 0 aliphatic rings. The van der Waals surface area contributed by atoms with Gasteiger partial charge in [0.15, 0.2) is 0 Å². The molecule has 1 amide bonds. The van der Waals surface area contributed by atoms with E-state index in [-0.39, 0.29) is 12.6 Å². The first-order chi connectivity index (χ1) is 10.4. The van der Waals surface area contributed by atoms with Crippen LogP contribution in [0.25, 0.3) is 10.4 Å². The Hall–Kier alpha value is -1.85. The van der Waals surface area contributed by atoms with Crippen molar-refractivity contribution < 1.29 is 9.53 Å². The maximum absolute atomic E-state index is 11.8. The molecule has 0 bridgehead atoms. The van der Waals surface area contributed by atoms with Crippen LogP contribution in [-0.4, -0.2) is 30.0 Å². The zero-order chi connectivity index (χ0) is 16.4. The van der Waals surface area contributed by atoms with E-state index in [1.807, 2.05) is 18.2 Å². The minimum Gasteiger partial charge on any atom is -0.444 e. The summed E-state index contributed by atoms with van der Waals surface area (Å²) in [5.41, 5.74) is 9.11. The first kappa shape index (κ1) is 18.2. The van der Waals surface area contributed by atoms with Crippen molar-refractivity contribution in [2.24, 2.45) is 5.11 Å². The lowest BCUT2D eigenvalue weighted by Crippen LogP contribution is -2.42. The first-order valence-corrected chi connectivity index (χ1v) is 8.18. The van der Waals surface area contributed by atoms with Crippen molar-refractivity contribution in [2.45, 2.75) is 38.2 Å². The lowest BCUT2D eigenvalue weighted by molar-refractivity contribution is 0.0511. The molecule has 0 saturated carbocycles. The van der Waals surface area contributed by atoms with Crippen molar-refractivity contribution in [3.05, 3.63) is 46.3 Å². The van der Waals surface area contributed by atoms with Gasteiger partial charge in [-0.3, -0.25) is 0 Å². The summed E-state index contributed by atoms with van der Waals surface area (Å²) in [4.78, 5) is 14.5. The molecule has 0 aliphatic carbocycles. The second-order valence-electron chi connectivity index (χ2n) is 5.76. The Morgan fingerprint density at radius 2 is 2.09 bits per heavy atom. The Balaban J connectivity index is 2.46. The summed E-state index contributed by atoms with van der Waals surface area (Å²) in [6, 6.07) is 9.81. The van der Waals surface area contributed by atoms with Crippen LogP contribution in [-0.2, 0) is 10.5 Å². The van der Waals surface area contributed by atoms with E-state index in [9.17, 15) is 4.79 Å². The molecule has 1 rings (SSSR count). The maximum atomic E-state index is 11.8. The first-order valence-electron chi connectivity index (χ1n) is 7.03. The standard InChI is InChI=1S/C15H22N4O2S/c1-15(2,3)21-14(20)18-13(9-17-19-16)11-22-10-12-7-5-4-6-8-12/h4-8,13H,9-11H2,1-3H3,(H,18,20)/t13-/m1/s1. The molecule has 0 aromatic heterocycles. The fourth-order valence-corrected chi connectivity index (χ4v) is 2.66. The minimum atomic E-state index is -0.551. The Bertz CT molecular complexity index is 510. The average molecular weight is 322 g/mol. The molecule has 0 heterocycles. The topological polar surface area (TPSA) is 87.1 Å². The van der Waals surface area contributed by atoms with Crippen LogP contribution in [0.2, 0.25) is 0 Å². The smallest absolute Gasteiger partial charge is 0.407 e. The van der Waals surface area contributed by atoms with E-state index in [1.54, 1.807) is 32.5 Å². The number of rotatable bonds is 7. The van der Waals surface area contributed by atoms with Gasteiger partial charge in [0, 0.05) is 29.0 Å². The predicted octanol–water partition coefficient (Wildman–Crippen LogP) is 4.12. The van der Waals surface area contributed by atoms with Crippen molar-refractivity contribution in [1.82, 2.24) is 5.32 Å². The molecule has 0 fully saturated rings. The van der Waals surface area contributed by atoms with Crippen LogP contribution in [0.15, 0.2) is 35.4 Å². The van der Waals surface area contributed by atoms with Crippen molar-refractivity contribution in [1.29, 1.82) is 0 Å². The highest BCUT2D eigenvalue weighted by Gasteiger charge is 2.19. The van der Waals surface area contributed by atoms with Gasteiger partial charge >= 0.3 is 6.09 Å². The van der Waals surface area contributed by atoms with E-state index in [0.29, 0.717) is 5.75 Å². The minimum absolute atomic E-state index is 0.206. The van der Waals surface area contributed by atoms with Crippen LogP contribution in [0.4, 0.5) is 4.79 Å². The monoisotopic (exact) mass is 322 g/mol. The van der Waals surface area contributed by atoms with Gasteiger partial charge in [0.2, 0.25) is 0 Å². The van der Waals surface area contributed by atoms with Gasteiger partial charge in [-0.25, -0.2) is 4.79 Å². The maximum Gasteiger partial charge on any atom is 0.407 e. The third kappa shape index (κ3) is 8.44. The van der Waals surface area contributed by atoms with Crippen LogP contribution in [0.3, 0.4) is 0 Å². The van der Waals surface area contributed by atoms with Crippen molar-refractivity contribution in [3.63, 3.8) is 0 Å². The molecule has 1 aromatic rings. The van der Waals surface area contributed by atoms with Crippen molar-refractivity contribution in [2.75, 3.05) is 12.3 Å². The number of azide groups is 1. The second kappa shape index (κ2) is 9.23. The number of ether oxygens (including phenoxy) is 1. The number of amides is 1. The molecule has 22 heavy (non-hydrogen) atoms. The average Bonchev–Trinajstić information content (AvgIpc) is 2.43. The van der Waals surface area contributed by atoms with Crippen molar-refractivity contribution >= 4 is 17.9 Å². The second-order valence-corrected chi connectivity index (χ2v) is 6.79. The molecule has 120 valence electrons. The lowest BCUT2D eigenvalue weighted by atomic mass is 10.2. The van der Waals surface area contributed by atoms with E-state index in [2.05, 4.69) is 27.5 Å². The number of nitrogens with one attached hydrogen (secondary N) is 1. The number of carbonyl (C=O) groups excluding carboxylic acids is 1. The van der Waals surface area contributed by atoms with E-state index < -0.39 is 11.7 Å². The largest absolute Gasteiger partial charge is 0.444 e. The van der Waals surface area contributed by atoms with Crippen molar-refractivity contribution in [3.8, 4) is 0 Å². The highest BCUT2D eigenvalue weighted by molar-refractivity contribution is 7.98. The summed E-state index contributed by atoms with van der Waals surface area (Å²) in [6.45, 7) is 5.62. The number of nitrogens with zero attached hydrogens (tertiary/aromatic N) is 3. The van der Waals surface area contributed by atoms with Gasteiger partial charge in [-0.1, -0.05) is 35.4 Å². The Kier molecular flexibility index (Phi) is 7.63. The molecule has 0 radical (unpaired) electrons. The van der Waals surface area contributed by atoms with Gasteiger partial charge in [0.1, 0.15) is 5.60 Å². The molecular formula is C15H22N4O2S. The molecular weight excluding hydrogens is 300 g/mol. The Labute approximate surface area is 135 Å². The summed E-state index contributed by atoms with van der Waals surface area (Å²) in [6.07, 6.45) is -0.494. The molecule has 6 nitrogen and oxygen atoms in total. The summed E-state index contributed by atoms with van der Waals surface area (Å²) in [7, 11) is 0. The van der Waals surface area contributed by atoms with E-state index in [0.717, 1.165) is 5.75 Å². The zero-order valence-corrected chi connectivity index (χ0v) is 14.0. The number of alkyl carbamates (subject to hydrolysis) is 1. The fourth-order valence-electron chi connectivity index (χ4n) is 1.64. The van der Waals surface area contributed by atoms with Gasteiger partial charge in [-0.2, -0.15) is 11.8 Å². The van der Waals surface area contributed by atoms with E-state index >= 15 is 0 Å². The third-order valence-electron chi connectivity index (χ3n) is 2.52. The molecule has 1 atom stereocenters. The number of benzene rings is 1. The molecule has 1 aromatic carbocycles. The van der Waals surface area contributed by atoms with Crippen LogP contribution < -0.4 is 5.32 Å². The van der Waals surface area contributed by atoms with Crippen LogP contribution >= 0.6 is 11.8 Å². The summed E-state index contributed by atoms with van der Waals surface area (Å²) < 4.78 is 5.22. The van der Waals surface area contributed by atoms with Gasteiger partial charge in [0.25, 0.3) is 0 Å². The van der Waals surface area contributed by atoms with Crippen LogP contribution in [0.1, 0.15) is 26.3 Å². The van der Waals surface area contributed by atoms with Crippen LogP contribution in [0.5, 0.6) is 0 Å². The van der Waals surface area contributed by atoms with Gasteiger partial charge in [-0.15, -0.1) is 0 Å². The lowest BCUT2D eigenvalue weighted by Gasteiger charge is -2.22. The Morgan fingerprint density at radius 3 is 2.68 bits per heavy atom. The van der Waals surface area contributed by atoms with E-state index in [4.69, 9.17) is 10.3 Å². The number of thioether (sulfide) groups is 1.